The van der Waals surface area contributed by atoms with E-state index in [1.165, 1.54) is 44.5 Å². The van der Waals surface area contributed by atoms with Crippen molar-refractivity contribution in [2.45, 2.75) is 108 Å². The van der Waals surface area contributed by atoms with Crippen LogP contribution in [0.4, 0.5) is 0 Å². The predicted octanol–water partition coefficient (Wildman–Crippen LogP) is 8.91. The molecule has 4 N–H and O–H groups in total. The van der Waals surface area contributed by atoms with Gasteiger partial charge in [0.25, 0.3) is 0 Å². The quantitative estimate of drug-likeness (QED) is 0.0480. The van der Waals surface area contributed by atoms with Crippen molar-refractivity contribution in [3.05, 3.63) is 130 Å². The maximum absolute atomic E-state index is 9.53. The molecule has 4 aromatic carbocycles. The minimum absolute atomic E-state index is 0.117. The largest absolute Gasteiger partial charge is 0.381 e. The molecule has 0 heterocycles. The fourth-order valence-electron chi connectivity index (χ4n) is 8.58. The first-order valence-electron chi connectivity index (χ1n) is 19.9. The predicted molar refractivity (Wildman–Crippen MR) is 218 cm³/mol. The molecular weight excluding hydrogens is 657 g/mol. The average Bonchev–Trinajstić information content (AvgIpc) is 3.46. The van der Waals surface area contributed by atoms with Crippen LogP contribution in [0.3, 0.4) is 0 Å². The molecule has 6 nitrogen and oxygen atoms in total. The van der Waals surface area contributed by atoms with Crippen LogP contribution in [0.25, 0.3) is 11.1 Å². The van der Waals surface area contributed by atoms with E-state index in [1.54, 1.807) is 9.80 Å². The molecular formula is C47H64N2O4. The van der Waals surface area contributed by atoms with Crippen LogP contribution in [0.15, 0.2) is 97.1 Å². The van der Waals surface area contributed by atoms with E-state index in [1.807, 2.05) is 0 Å². The summed E-state index contributed by atoms with van der Waals surface area (Å²) in [7, 11) is 0. The van der Waals surface area contributed by atoms with E-state index in [2.05, 4.69) is 125 Å². The van der Waals surface area contributed by atoms with Crippen LogP contribution in [0.2, 0.25) is 0 Å². The zero-order chi connectivity index (χ0) is 37.9. The van der Waals surface area contributed by atoms with Crippen molar-refractivity contribution >= 4 is 0 Å². The van der Waals surface area contributed by atoms with Crippen molar-refractivity contribution in [2.24, 2.45) is 0 Å². The lowest BCUT2D eigenvalue weighted by Gasteiger charge is -2.35. The van der Waals surface area contributed by atoms with Crippen LogP contribution in [0.1, 0.15) is 125 Å². The molecule has 0 fully saturated rings. The zero-order valence-corrected chi connectivity index (χ0v) is 32.7. The monoisotopic (exact) mass is 720 g/mol. The summed E-state index contributed by atoms with van der Waals surface area (Å²) in [5.74, 6) is 0. The van der Waals surface area contributed by atoms with Gasteiger partial charge in [-0.05, 0) is 70.2 Å². The minimum Gasteiger partial charge on any atom is -0.381 e. The van der Waals surface area contributed by atoms with Crippen LogP contribution in [0.5, 0.6) is 0 Å². The second-order valence-corrected chi connectivity index (χ2v) is 16.3. The Kier molecular flexibility index (Phi) is 14.5. The molecule has 0 saturated carbocycles. The highest BCUT2D eigenvalue weighted by Gasteiger charge is 2.44. The van der Waals surface area contributed by atoms with Crippen LogP contribution in [-0.4, -0.2) is 70.2 Å². The van der Waals surface area contributed by atoms with Crippen LogP contribution < -0.4 is 0 Å². The molecule has 286 valence electrons. The molecule has 0 bridgehead atoms. The summed E-state index contributed by atoms with van der Waals surface area (Å²) >= 11 is 0. The summed E-state index contributed by atoms with van der Waals surface area (Å²) in [6, 6.07) is 36.3. The summed E-state index contributed by atoms with van der Waals surface area (Å²) in [6.45, 7) is 10.3. The Hall–Kier alpha value is -3.36. The summed E-state index contributed by atoms with van der Waals surface area (Å²) in [5.41, 5.74) is 10.5. The minimum atomic E-state index is -0.159. The first-order valence-corrected chi connectivity index (χ1v) is 19.9. The SMILES string of the molecule is CC(C)(c1ccccc1)c1ccc2c(c1)C(CCCCCCN(CO)CO)(CCCCCCN(CO)CO)c1cc(C(C)(C)c3ccccc3)ccc1-2. The topological polar surface area (TPSA) is 87.4 Å². The first-order chi connectivity index (χ1) is 25.6. The van der Waals surface area contributed by atoms with E-state index in [0.29, 0.717) is 13.1 Å². The Balaban J connectivity index is 1.54. The van der Waals surface area contributed by atoms with Crippen molar-refractivity contribution in [3.8, 4) is 11.1 Å². The van der Waals surface area contributed by atoms with Gasteiger partial charge in [0.15, 0.2) is 0 Å². The van der Waals surface area contributed by atoms with Gasteiger partial charge in [-0.3, -0.25) is 9.80 Å². The van der Waals surface area contributed by atoms with E-state index in [-0.39, 0.29) is 43.2 Å². The maximum Gasteiger partial charge on any atom is 0.0974 e. The molecule has 0 unspecified atom stereocenters. The Labute approximate surface area is 319 Å². The highest BCUT2D eigenvalue weighted by atomic mass is 16.3. The number of unbranched alkanes of at least 4 members (excludes halogenated alkanes) is 6. The van der Waals surface area contributed by atoms with Gasteiger partial charge in [0.2, 0.25) is 0 Å². The van der Waals surface area contributed by atoms with Crippen LogP contribution in [-0.2, 0) is 16.2 Å². The van der Waals surface area contributed by atoms with E-state index in [0.717, 1.165) is 64.2 Å². The van der Waals surface area contributed by atoms with Gasteiger partial charge >= 0.3 is 0 Å². The van der Waals surface area contributed by atoms with E-state index in [9.17, 15) is 20.4 Å². The van der Waals surface area contributed by atoms with Crippen molar-refractivity contribution in [3.63, 3.8) is 0 Å². The Morgan fingerprint density at radius 1 is 0.434 bits per heavy atom. The number of nitrogens with zero attached hydrogens (tertiary/aromatic N) is 2. The average molecular weight is 721 g/mol. The van der Waals surface area contributed by atoms with Gasteiger partial charge in [-0.2, -0.15) is 0 Å². The molecule has 0 radical (unpaired) electrons. The fraction of sp³-hybridized carbons (Fsp3) is 0.489. The molecule has 0 aliphatic heterocycles. The van der Waals surface area contributed by atoms with Crippen molar-refractivity contribution in [1.29, 1.82) is 0 Å². The second kappa shape index (κ2) is 18.8. The summed E-state index contributed by atoms with van der Waals surface area (Å²) in [6.07, 6.45) is 10.5. The molecule has 1 aliphatic carbocycles. The molecule has 0 spiro atoms. The van der Waals surface area contributed by atoms with Crippen molar-refractivity contribution in [2.75, 3.05) is 40.0 Å². The first kappa shape index (κ1) is 40.8. The Morgan fingerprint density at radius 3 is 1.15 bits per heavy atom. The van der Waals surface area contributed by atoms with Gasteiger partial charge in [-0.1, -0.05) is 163 Å². The number of hydrogen-bond acceptors (Lipinski definition) is 6. The summed E-state index contributed by atoms with van der Waals surface area (Å²) < 4.78 is 0. The zero-order valence-electron chi connectivity index (χ0n) is 32.7. The molecule has 6 heteroatoms. The highest BCUT2D eigenvalue weighted by Crippen LogP contribution is 2.56. The fourth-order valence-corrected chi connectivity index (χ4v) is 8.58. The second-order valence-electron chi connectivity index (χ2n) is 16.3. The summed E-state index contributed by atoms with van der Waals surface area (Å²) in [4.78, 5) is 3.33. The lowest BCUT2D eigenvalue weighted by Crippen LogP contribution is -2.28. The van der Waals surface area contributed by atoms with Gasteiger partial charge in [-0.25, -0.2) is 0 Å². The van der Waals surface area contributed by atoms with Crippen LogP contribution >= 0.6 is 0 Å². The van der Waals surface area contributed by atoms with Gasteiger partial charge in [-0.15, -0.1) is 0 Å². The third kappa shape index (κ3) is 9.30. The maximum atomic E-state index is 9.53. The Bertz CT molecular complexity index is 1570. The normalized spacial score (nSPS) is 13.8. The number of aliphatic hydroxyl groups is 4. The number of fused-ring (bicyclic) bond motifs is 3. The van der Waals surface area contributed by atoms with E-state index >= 15 is 0 Å². The van der Waals surface area contributed by atoms with Gasteiger partial charge in [0.1, 0.15) is 0 Å². The number of benzene rings is 4. The molecule has 5 rings (SSSR count). The molecule has 0 atom stereocenters. The third-order valence-corrected chi connectivity index (χ3v) is 12.3. The van der Waals surface area contributed by atoms with E-state index < -0.39 is 0 Å². The lowest BCUT2D eigenvalue weighted by atomic mass is 9.68. The van der Waals surface area contributed by atoms with Crippen molar-refractivity contribution in [1.82, 2.24) is 9.80 Å². The number of rotatable bonds is 22. The molecule has 0 saturated heterocycles. The third-order valence-electron chi connectivity index (χ3n) is 12.3. The van der Waals surface area contributed by atoms with Crippen molar-refractivity contribution < 1.29 is 20.4 Å². The van der Waals surface area contributed by atoms with E-state index in [4.69, 9.17) is 0 Å². The standard InChI is InChI=1S/C47H64N2O4/c1-45(2,37-19-11-9-12-20-37)39-23-25-41-42-26-24-40(46(3,4)38-21-13-10-14-22-38)32-44(42)47(43(41)31-39,27-15-5-7-17-29-48(33-50)34-51)28-16-6-8-18-30-49(35-52)36-53/h9-14,19-26,31-32,50-53H,5-8,15-18,27-30,33-36H2,1-4H3. The summed E-state index contributed by atoms with van der Waals surface area (Å²) in [5, 5.41) is 38.1. The molecule has 1 aliphatic rings. The molecule has 0 aromatic heterocycles. The van der Waals surface area contributed by atoms with Gasteiger partial charge < -0.3 is 20.4 Å². The molecule has 0 amide bonds. The Morgan fingerprint density at radius 2 is 0.792 bits per heavy atom. The molecule has 53 heavy (non-hydrogen) atoms. The van der Waals surface area contributed by atoms with Crippen LogP contribution in [0, 0.1) is 0 Å². The lowest BCUT2D eigenvalue weighted by molar-refractivity contribution is 0.0281. The number of aliphatic hydroxyl groups excluding tert-OH is 4. The van der Waals surface area contributed by atoms with Gasteiger partial charge in [0.05, 0.1) is 26.9 Å². The number of hydrogen-bond donors (Lipinski definition) is 4. The van der Waals surface area contributed by atoms with Gasteiger partial charge in [0, 0.05) is 29.3 Å². The highest BCUT2D eigenvalue weighted by molar-refractivity contribution is 5.82. The molecule has 4 aromatic rings. The smallest absolute Gasteiger partial charge is 0.0974 e.